The van der Waals surface area contributed by atoms with Crippen molar-refractivity contribution in [1.82, 2.24) is 0 Å². The van der Waals surface area contributed by atoms with Gasteiger partial charge in [-0.05, 0) is 112 Å². The van der Waals surface area contributed by atoms with Crippen molar-refractivity contribution in [3.63, 3.8) is 0 Å². The van der Waals surface area contributed by atoms with Crippen molar-refractivity contribution in [3.05, 3.63) is 118 Å². The molecule has 206 valence electrons. The molecule has 0 spiro atoms. The third-order valence-corrected chi connectivity index (χ3v) is 9.66. The highest BCUT2D eigenvalue weighted by molar-refractivity contribution is 7.99. The van der Waals surface area contributed by atoms with E-state index in [1.807, 2.05) is 17.8 Å². The van der Waals surface area contributed by atoms with E-state index in [0.29, 0.717) is 12.0 Å². The average molecular weight is 567 g/mol. The van der Waals surface area contributed by atoms with Crippen molar-refractivity contribution in [1.29, 1.82) is 5.26 Å². The van der Waals surface area contributed by atoms with Crippen LogP contribution in [0.3, 0.4) is 0 Å². The molecule has 1 saturated carbocycles. The molecule has 5 heteroatoms. The first-order valence-corrected chi connectivity index (χ1v) is 15.5. The molecule has 2 atom stereocenters. The van der Waals surface area contributed by atoms with E-state index in [9.17, 15) is 15.2 Å². The van der Waals surface area contributed by atoms with E-state index < -0.39 is 5.97 Å². The lowest BCUT2D eigenvalue weighted by Gasteiger charge is -2.28. The topological polar surface area (TPSA) is 64.3 Å². The minimum Gasteiger partial charge on any atom is -0.477 e. The molecule has 0 aromatic heterocycles. The molecule has 1 fully saturated rings. The molecular formula is C37H30N2O2S. The van der Waals surface area contributed by atoms with Gasteiger partial charge < -0.3 is 10.0 Å². The molecule has 4 aromatic rings. The lowest BCUT2D eigenvalue weighted by molar-refractivity contribution is -0.132. The van der Waals surface area contributed by atoms with E-state index in [1.54, 1.807) is 6.07 Å². The fourth-order valence-electron chi connectivity index (χ4n) is 7.00. The van der Waals surface area contributed by atoms with E-state index in [2.05, 4.69) is 96.8 Å². The highest BCUT2D eigenvalue weighted by atomic mass is 32.2. The van der Waals surface area contributed by atoms with Gasteiger partial charge in [0.15, 0.2) is 0 Å². The number of thioether (sulfide) groups is 1. The van der Waals surface area contributed by atoms with Gasteiger partial charge in [0, 0.05) is 28.2 Å². The lowest BCUT2D eigenvalue weighted by Crippen LogP contribution is -2.26. The summed E-state index contributed by atoms with van der Waals surface area (Å²) in [6, 6.07) is 32.7. The Bertz CT molecular complexity index is 1830. The van der Waals surface area contributed by atoms with Crippen LogP contribution in [0.4, 0.5) is 11.4 Å². The number of aliphatic carboxylic acids is 1. The number of carbonyl (C=O) groups is 1. The number of fused-ring (bicyclic) bond motifs is 6. The Kier molecular flexibility index (Phi) is 6.72. The fourth-order valence-corrected chi connectivity index (χ4v) is 7.66. The summed E-state index contributed by atoms with van der Waals surface area (Å²) < 4.78 is 0. The zero-order valence-corrected chi connectivity index (χ0v) is 24.2. The summed E-state index contributed by atoms with van der Waals surface area (Å²) in [5.41, 5.74) is 11.6. The molecule has 0 bridgehead atoms. The van der Waals surface area contributed by atoms with E-state index in [1.165, 1.54) is 61.3 Å². The summed E-state index contributed by atoms with van der Waals surface area (Å²) in [5.74, 6) is 0.257. The van der Waals surface area contributed by atoms with Crippen LogP contribution in [0, 0.1) is 11.3 Å². The van der Waals surface area contributed by atoms with Gasteiger partial charge in [0.2, 0.25) is 0 Å². The Morgan fingerprint density at radius 1 is 0.952 bits per heavy atom. The molecular weight excluding hydrogens is 536 g/mol. The van der Waals surface area contributed by atoms with Crippen LogP contribution in [-0.4, -0.2) is 22.9 Å². The van der Waals surface area contributed by atoms with Crippen LogP contribution in [-0.2, 0) is 4.79 Å². The molecule has 0 radical (unpaired) electrons. The summed E-state index contributed by atoms with van der Waals surface area (Å²) in [6.45, 7) is 2.18. The first-order chi connectivity index (χ1) is 20.6. The number of hydrogen-bond acceptors (Lipinski definition) is 4. The fraction of sp³-hybridized carbons (Fsp3) is 0.189. The van der Waals surface area contributed by atoms with Crippen LogP contribution in [0.15, 0.2) is 95.4 Å². The van der Waals surface area contributed by atoms with Gasteiger partial charge in [-0.15, -0.1) is 11.8 Å². The van der Waals surface area contributed by atoms with Crippen LogP contribution in [0.1, 0.15) is 59.9 Å². The summed E-state index contributed by atoms with van der Waals surface area (Å²) in [5, 5.41) is 18.6. The molecule has 2 aliphatic carbocycles. The Labute approximate surface area is 250 Å². The number of nitrogens with zero attached hydrogens (tertiary/aromatic N) is 2. The second-order valence-electron chi connectivity index (χ2n) is 11.1. The van der Waals surface area contributed by atoms with Gasteiger partial charge in [0.25, 0.3) is 0 Å². The van der Waals surface area contributed by atoms with Gasteiger partial charge in [-0.2, -0.15) is 5.26 Å². The van der Waals surface area contributed by atoms with Gasteiger partial charge in [0.05, 0.1) is 0 Å². The molecule has 3 aliphatic rings. The summed E-state index contributed by atoms with van der Waals surface area (Å²) in [7, 11) is 0. The van der Waals surface area contributed by atoms with Crippen molar-refractivity contribution in [3.8, 4) is 17.2 Å². The maximum absolute atomic E-state index is 11.4. The van der Waals surface area contributed by atoms with Crippen LogP contribution in [0.25, 0.3) is 28.9 Å². The first-order valence-electron chi connectivity index (χ1n) is 14.5. The van der Waals surface area contributed by atoms with E-state index >= 15 is 0 Å². The third kappa shape index (κ3) is 4.44. The van der Waals surface area contributed by atoms with Gasteiger partial charge in [-0.1, -0.05) is 61.9 Å². The molecule has 4 nitrogen and oxygen atoms in total. The summed E-state index contributed by atoms with van der Waals surface area (Å²) in [6.07, 6.45) is 7.19. The van der Waals surface area contributed by atoms with Crippen LogP contribution in [0.5, 0.6) is 0 Å². The van der Waals surface area contributed by atoms with Gasteiger partial charge >= 0.3 is 5.97 Å². The molecule has 4 aromatic carbocycles. The van der Waals surface area contributed by atoms with E-state index in [-0.39, 0.29) is 5.57 Å². The number of hydrogen-bond donors (Lipinski definition) is 1. The Morgan fingerprint density at radius 2 is 1.71 bits per heavy atom. The monoisotopic (exact) mass is 566 g/mol. The molecule has 1 N–H and O–H groups in total. The van der Waals surface area contributed by atoms with E-state index in [4.69, 9.17) is 0 Å². The number of nitriles is 1. The smallest absolute Gasteiger partial charge is 0.346 e. The standard InChI is InChI=1S/C37H30N2O2S/c1-2-42-27-14-10-23(11-15-27)19-32-29-7-4-3-6-28(29)30-16-13-26(21-33(30)32)39-35-9-5-8-31(35)34-20-24(12-17-36(34)39)18-25(22-38)37(40)41/h3-4,6-7,10-21,31,35H,2,5,8-9H2,1H3,(H,40,41)/b25-18+,32-19?. The quantitative estimate of drug-likeness (QED) is 0.126. The van der Waals surface area contributed by atoms with Gasteiger partial charge in [-0.3, -0.25) is 0 Å². The number of carboxylic acids is 1. The Balaban J connectivity index is 1.31. The van der Waals surface area contributed by atoms with Crippen LogP contribution >= 0.6 is 11.8 Å². The minimum atomic E-state index is -1.20. The third-order valence-electron chi connectivity index (χ3n) is 8.76. The second kappa shape index (κ2) is 10.7. The summed E-state index contributed by atoms with van der Waals surface area (Å²) in [4.78, 5) is 15.2. The van der Waals surface area contributed by atoms with Gasteiger partial charge in [-0.25, -0.2) is 4.79 Å². The lowest BCUT2D eigenvalue weighted by atomic mass is 9.95. The van der Waals surface area contributed by atoms with Crippen LogP contribution < -0.4 is 4.90 Å². The summed E-state index contributed by atoms with van der Waals surface area (Å²) >= 11 is 1.86. The Hall–Kier alpha value is -4.53. The SMILES string of the molecule is CCSc1ccc(C=C2c3ccccc3-c3ccc(N4c5ccc(/C=C(\C#N)C(=O)O)cc5C5CCCC54)cc32)cc1. The zero-order chi connectivity index (χ0) is 28.8. The number of benzene rings is 4. The molecule has 1 aliphatic heterocycles. The maximum atomic E-state index is 11.4. The number of rotatable bonds is 6. The van der Waals surface area contributed by atoms with Crippen molar-refractivity contribution < 1.29 is 9.90 Å². The molecule has 0 saturated heterocycles. The predicted molar refractivity (Wildman–Crippen MR) is 172 cm³/mol. The largest absolute Gasteiger partial charge is 0.477 e. The molecule has 42 heavy (non-hydrogen) atoms. The second-order valence-corrected chi connectivity index (χ2v) is 12.4. The average Bonchev–Trinajstić information content (AvgIpc) is 3.68. The Morgan fingerprint density at radius 3 is 2.48 bits per heavy atom. The normalized spacial score (nSPS) is 19.3. The van der Waals surface area contributed by atoms with E-state index in [0.717, 1.165) is 30.6 Å². The highest BCUT2D eigenvalue weighted by Crippen LogP contribution is 2.54. The van der Waals surface area contributed by atoms with Crippen molar-refractivity contribution in [2.75, 3.05) is 10.7 Å². The maximum Gasteiger partial charge on any atom is 0.346 e. The number of carboxylic acid groups (broad SMARTS) is 1. The highest BCUT2D eigenvalue weighted by Gasteiger charge is 2.42. The molecule has 0 amide bonds. The predicted octanol–water partition coefficient (Wildman–Crippen LogP) is 9.15. The minimum absolute atomic E-state index is 0.246. The van der Waals surface area contributed by atoms with Crippen molar-refractivity contribution >= 4 is 46.8 Å². The van der Waals surface area contributed by atoms with Crippen LogP contribution in [0.2, 0.25) is 0 Å². The zero-order valence-electron chi connectivity index (χ0n) is 23.4. The van der Waals surface area contributed by atoms with Crippen molar-refractivity contribution in [2.24, 2.45) is 0 Å². The first kappa shape index (κ1) is 26.4. The van der Waals surface area contributed by atoms with Crippen molar-refractivity contribution in [2.45, 2.75) is 43.0 Å². The number of anilines is 2. The van der Waals surface area contributed by atoms with Gasteiger partial charge in [0.1, 0.15) is 11.6 Å². The molecule has 2 unspecified atom stereocenters. The molecule has 7 rings (SSSR count). The molecule has 1 heterocycles.